The van der Waals surface area contributed by atoms with Gasteiger partial charge in [-0.3, -0.25) is 0 Å². The molecular weight excluding hydrogens is 324 g/mol. The van der Waals surface area contributed by atoms with Crippen LogP contribution in [0.2, 0.25) is 0 Å². The van der Waals surface area contributed by atoms with Gasteiger partial charge in [-0.25, -0.2) is 0 Å². The first kappa shape index (κ1) is 18.3. The van der Waals surface area contributed by atoms with Gasteiger partial charge in [-0.15, -0.1) is 0 Å². The Kier molecular flexibility index (Phi) is 4.22. The van der Waals surface area contributed by atoms with Gasteiger partial charge in [-0.05, 0) is 63.5 Å². The van der Waals surface area contributed by atoms with Crippen molar-refractivity contribution in [3.8, 4) is 0 Å². The molecule has 0 saturated heterocycles. The van der Waals surface area contributed by atoms with E-state index in [1.807, 2.05) is 0 Å². The zero-order chi connectivity index (χ0) is 19.4. The van der Waals surface area contributed by atoms with Crippen molar-refractivity contribution >= 4 is 11.1 Å². The van der Waals surface area contributed by atoms with Gasteiger partial charge in [0, 0.05) is 0 Å². The lowest BCUT2D eigenvalue weighted by Crippen LogP contribution is -2.11. The summed E-state index contributed by atoms with van der Waals surface area (Å²) >= 11 is 0. The molecule has 0 atom stereocenters. The first-order chi connectivity index (χ1) is 12.7. The predicted molar refractivity (Wildman–Crippen MR) is 118 cm³/mol. The van der Waals surface area contributed by atoms with E-state index in [4.69, 9.17) is 0 Å². The lowest BCUT2D eigenvalue weighted by molar-refractivity contribution is 0.560. The Morgan fingerprint density at radius 3 is 1.33 bits per heavy atom. The summed E-state index contributed by atoms with van der Waals surface area (Å²) in [5, 5.41) is 0. The fraction of sp³-hybridized carbons (Fsp3) is 0.407. The highest BCUT2D eigenvalue weighted by Gasteiger charge is 2.33. The van der Waals surface area contributed by atoms with Crippen LogP contribution >= 0.6 is 0 Å². The summed E-state index contributed by atoms with van der Waals surface area (Å²) in [5.41, 5.74) is 12.7. The van der Waals surface area contributed by atoms with Gasteiger partial charge in [0.2, 0.25) is 0 Å². The summed E-state index contributed by atoms with van der Waals surface area (Å²) in [6.07, 6.45) is 3.34. The van der Waals surface area contributed by atoms with E-state index in [1.54, 1.807) is 22.3 Å². The third kappa shape index (κ3) is 3.20. The van der Waals surface area contributed by atoms with Crippen LogP contribution in [0.5, 0.6) is 0 Å². The van der Waals surface area contributed by atoms with Crippen LogP contribution in [0.15, 0.2) is 59.7 Å². The molecule has 0 spiro atoms. The van der Waals surface area contributed by atoms with Gasteiger partial charge in [-0.1, -0.05) is 101 Å². The SMILES string of the molecule is CC(C)(C)C1=C(CC2=C(C(C)(C)C)c3ccccc3C2)Cc2ccccc21. The van der Waals surface area contributed by atoms with E-state index < -0.39 is 0 Å². The van der Waals surface area contributed by atoms with Gasteiger partial charge in [0.15, 0.2) is 0 Å². The van der Waals surface area contributed by atoms with Gasteiger partial charge in [-0.2, -0.15) is 0 Å². The molecule has 0 N–H and O–H groups in total. The molecule has 27 heavy (non-hydrogen) atoms. The van der Waals surface area contributed by atoms with Crippen molar-refractivity contribution in [2.45, 2.75) is 60.8 Å². The summed E-state index contributed by atoms with van der Waals surface area (Å²) < 4.78 is 0. The predicted octanol–water partition coefficient (Wildman–Crippen LogP) is 7.49. The fourth-order valence-electron chi connectivity index (χ4n) is 5.28. The quantitative estimate of drug-likeness (QED) is 0.523. The van der Waals surface area contributed by atoms with Crippen LogP contribution < -0.4 is 0 Å². The van der Waals surface area contributed by atoms with E-state index in [0.717, 1.165) is 19.3 Å². The smallest absolute Gasteiger partial charge is 0.00516 e. The number of fused-ring (bicyclic) bond motifs is 2. The molecule has 0 heterocycles. The number of rotatable bonds is 2. The average molecular weight is 357 g/mol. The largest absolute Gasteiger partial charge is 0.0619 e. The zero-order valence-electron chi connectivity index (χ0n) is 17.7. The third-order valence-corrected chi connectivity index (χ3v) is 6.01. The van der Waals surface area contributed by atoms with Crippen molar-refractivity contribution in [2.75, 3.05) is 0 Å². The Labute approximate surface area is 165 Å². The second-order valence-electron chi connectivity index (χ2n) is 10.3. The molecule has 0 saturated carbocycles. The maximum atomic E-state index is 2.37. The van der Waals surface area contributed by atoms with Crippen LogP contribution in [-0.4, -0.2) is 0 Å². The molecule has 0 radical (unpaired) electrons. The second kappa shape index (κ2) is 6.23. The summed E-state index contributed by atoms with van der Waals surface area (Å²) in [5.74, 6) is 0. The molecule has 2 aliphatic carbocycles. The third-order valence-electron chi connectivity index (χ3n) is 6.01. The van der Waals surface area contributed by atoms with Crippen molar-refractivity contribution in [3.63, 3.8) is 0 Å². The number of hydrogen-bond acceptors (Lipinski definition) is 0. The lowest BCUT2D eigenvalue weighted by Gasteiger charge is -2.26. The van der Waals surface area contributed by atoms with Gasteiger partial charge < -0.3 is 0 Å². The molecule has 2 aromatic carbocycles. The molecule has 4 rings (SSSR count). The molecule has 0 heteroatoms. The molecule has 140 valence electrons. The van der Waals surface area contributed by atoms with E-state index in [-0.39, 0.29) is 10.8 Å². The summed E-state index contributed by atoms with van der Waals surface area (Å²) in [7, 11) is 0. The van der Waals surface area contributed by atoms with Crippen LogP contribution in [-0.2, 0) is 12.8 Å². The van der Waals surface area contributed by atoms with Crippen LogP contribution in [0.3, 0.4) is 0 Å². The van der Waals surface area contributed by atoms with E-state index >= 15 is 0 Å². The van der Waals surface area contributed by atoms with Crippen LogP contribution in [0, 0.1) is 10.8 Å². The second-order valence-corrected chi connectivity index (χ2v) is 10.3. The maximum absolute atomic E-state index is 2.37. The van der Waals surface area contributed by atoms with Crippen molar-refractivity contribution in [1.82, 2.24) is 0 Å². The summed E-state index contributed by atoms with van der Waals surface area (Å²) in [6.45, 7) is 14.2. The Bertz CT molecular complexity index is 873. The molecule has 2 aromatic rings. The minimum absolute atomic E-state index is 0.176. The maximum Gasteiger partial charge on any atom is -0.00516 e. The van der Waals surface area contributed by atoms with Gasteiger partial charge in [0.05, 0.1) is 0 Å². The molecule has 0 aliphatic heterocycles. The van der Waals surface area contributed by atoms with E-state index in [1.165, 1.54) is 22.3 Å². The topological polar surface area (TPSA) is 0 Å². The first-order valence-corrected chi connectivity index (χ1v) is 10.3. The lowest BCUT2D eigenvalue weighted by atomic mass is 9.78. The van der Waals surface area contributed by atoms with E-state index in [0.29, 0.717) is 0 Å². The normalized spacial score (nSPS) is 16.8. The Balaban J connectivity index is 1.81. The Morgan fingerprint density at radius 2 is 0.963 bits per heavy atom. The molecular formula is C27H32. The highest BCUT2D eigenvalue weighted by molar-refractivity contribution is 5.83. The van der Waals surface area contributed by atoms with Crippen molar-refractivity contribution < 1.29 is 0 Å². The highest BCUT2D eigenvalue weighted by atomic mass is 14.4. The van der Waals surface area contributed by atoms with Gasteiger partial charge in [0.1, 0.15) is 0 Å². The van der Waals surface area contributed by atoms with Crippen LogP contribution in [0.1, 0.15) is 70.2 Å². The molecule has 0 unspecified atom stereocenters. The highest BCUT2D eigenvalue weighted by Crippen LogP contribution is 2.50. The molecule has 0 aromatic heterocycles. The first-order valence-electron chi connectivity index (χ1n) is 10.3. The zero-order valence-corrected chi connectivity index (χ0v) is 17.7. The van der Waals surface area contributed by atoms with E-state index in [2.05, 4.69) is 90.1 Å². The minimum atomic E-state index is 0.176. The molecule has 2 aliphatic rings. The fourth-order valence-corrected chi connectivity index (χ4v) is 5.28. The Morgan fingerprint density at radius 1 is 0.593 bits per heavy atom. The average Bonchev–Trinajstić information content (AvgIpc) is 3.11. The monoisotopic (exact) mass is 356 g/mol. The van der Waals surface area contributed by atoms with E-state index in [9.17, 15) is 0 Å². The van der Waals surface area contributed by atoms with Crippen molar-refractivity contribution in [1.29, 1.82) is 0 Å². The summed E-state index contributed by atoms with van der Waals surface area (Å²) in [4.78, 5) is 0. The molecule has 0 nitrogen and oxygen atoms in total. The summed E-state index contributed by atoms with van der Waals surface area (Å²) in [6, 6.07) is 18.0. The number of hydrogen-bond donors (Lipinski definition) is 0. The van der Waals surface area contributed by atoms with Gasteiger partial charge in [0.25, 0.3) is 0 Å². The van der Waals surface area contributed by atoms with Crippen molar-refractivity contribution in [3.05, 3.63) is 81.9 Å². The Hall–Kier alpha value is -2.08. The standard InChI is InChI=1S/C27H32/c1-26(2,3)24-20(15-18-11-7-9-13-22(18)24)17-21-16-19-12-8-10-14-23(19)25(21)27(4,5)6/h7-14H,15-17H2,1-6H3. The van der Waals surface area contributed by atoms with Gasteiger partial charge >= 0.3 is 0 Å². The molecule has 0 fully saturated rings. The number of allylic oxidation sites excluding steroid dienone is 4. The van der Waals surface area contributed by atoms with Crippen molar-refractivity contribution in [2.24, 2.45) is 10.8 Å². The number of benzene rings is 2. The molecule has 0 bridgehead atoms. The van der Waals surface area contributed by atoms with Crippen LogP contribution in [0.4, 0.5) is 0 Å². The molecule has 0 amide bonds. The minimum Gasteiger partial charge on any atom is -0.0619 e. The van der Waals surface area contributed by atoms with Crippen LogP contribution in [0.25, 0.3) is 11.1 Å².